The number of nitriles is 1. The maximum atomic E-state index is 12.1. The van der Waals surface area contributed by atoms with Crippen molar-refractivity contribution in [2.45, 2.75) is 26.2 Å². The number of benzene rings is 1. The minimum absolute atomic E-state index is 0.244. The molecule has 1 amide bonds. The topological polar surface area (TPSA) is 90.7 Å². The number of carbonyl (C=O) groups excluding carboxylic acids is 1. The summed E-state index contributed by atoms with van der Waals surface area (Å²) in [5.74, 6) is 0.329. The molecule has 0 aliphatic carbocycles. The monoisotopic (exact) mass is 309 g/mol. The molecule has 2 N–H and O–H groups in total. The summed E-state index contributed by atoms with van der Waals surface area (Å²) in [6.07, 6.45) is 6.42. The summed E-state index contributed by atoms with van der Waals surface area (Å²) in [6.45, 7) is 3.00. The SMILES string of the molecule is CCCCCNc1cnc(C(=O)Nc2ccc(C#N)cc2)cn1. The van der Waals surface area contributed by atoms with Crippen LogP contribution in [0.5, 0.6) is 0 Å². The first-order chi connectivity index (χ1) is 11.2. The first-order valence-corrected chi connectivity index (χ1v) is 7.60. The second-order valence-electron chi connectivity index (χ2n) is 5.06. The van der Waals surface area contributed by atoms with Gasteiger partial charge in [-0.3, -0.25) is 4.79 Å². The van der Waals surface area contributed by atoms with Crippen LogP contribution < -0.4 is 10.6 Å². The Morgan fingerprint density at radius 3 is 2.57 bits per heavy atom. The van der Waals surface area contributed by atoms with Gasteiger partial charge in [-0.05, 0) is 30.7 Å². The normalized spacial score (nSPS) is 9.91. The van der Waals surface area contributed by atoms with Crippen molar-refractivity contribution in [1.82, 2.24) is 9.97 Å². The average molecular weight is 309 g/mol. The van der Waals surface area contributed by atoms with Gasteiger partial charge in [0, 0.05) is 12.2 Å². The average Bonchev–Trinajstić information content (AvgIpc) is 2.60. The molecule has 6 heteroatoms. The summed E-state index contributed by atoms with van der Waals surface area (Å²) in [5, 5.41) is 14.6. The number of aromatic nitrogens is 2. The van der Waals surface area contributed by atoms with E-state index in [9.17, 15) is 4.79 Å². The van der Waals surface area contributed by atoms with E-state index >= 15 is 0 Å². The number of nitrogens with zero attached hydrogens (tertiary/aromatic N) is 3. The summed E-state index contributed by atoms with van der Waals surface area (Å²) in [6, 6.07) is 8.66. The van der Waals surface area contributed by atoms with Gasteiger partial charge in [0.2, 0.25) is 0 Å². The lowest BCUT2D eigenvalue weighted by Gasteiger charge is -2.06. The van der Waals surface area contributed by atoms with Gasteiger partial charge in [-0.2, -0.15) is 5.26 Å². The summed E-state index contributed by atoms with van der Waals surface area (Å²) in [5.41, 5.74) is 1.40. The van der Waals surface area contributed by atoms with E-state index in [1.165, 1.54) is 19.0 Å². The second-order valence-corrected chi connectivity index (χ2v) is 5.06. The van der Waals surface area contributed by atoms with Crippen LogP contribution in [0.2, 0.25) is 0 Å². The van der Waals surface area contributed by atoms with Crippen LogP contribution in [-0.2, 0) is 0 Å². The van der Waals surface area contributed by atoms with E-state index < -0.39 is 0 Å². The van der Waals surface area contributed by atoms with E-state index in [4.69, 9.17) is 5.26 Å². The molecule has 0 bridgehead atoms. The molecule has 23 heavy (non-hydrogen) atoms. The van der Waals surface area contributed by atoms with Crippen LogP contribution in [0.25, 0.3) is 0 Å². The van der Waals surface area contributed by atoms with Crippen molar-refractivity contribution in [2.24, 2.45) is 0 Å². The van der Waals surface area contributed by atoms with Gasteiger partial charge in [-0.15, -0.1) is 0 Å². The van der Waals surface area contributed by atoms with E-state index in [1.54, 1.807) is 30.5 Å². The second kappa shape index (κ2) is 8.49. The van der Waals surface area contributed by atoms with E-state index in [2.05, 4.69) is 27.5 Å². The van der Waals surface area contributed by atoms with Crippen molar-refractivity contribution in [2.75, 3.05) is 17.2 Å². The summed E-state index contributed by atoms with van der Waals surface area (Å²) in [4.78, 5) is 20.4. The lowest BCUT2D eigenvalue weighted by atomic mass is 10.2. The molecule has 0 unspecified atom stereocenters. The molecule has 0 aliphatic heterocycles. The molecule has 0 saturated heterocycles. The van der Waals surface area contributed by atoms with Crippen molar-refractivity contribution >= 4 is 17.4 Å². The Bertz CT molecular complexity index is 674. The van der Waals surface area contributed by atoms with Crippen LogP contribution in [0, 0.1) is 11.3 Å². The van der Waals surface area contributed by atoms with Gasteiger partial charge < -0.3 is 10.6 Å². The Morgan fingerprint density at radius 2 is 1.96 bits per heavy atom. The number of hydrogen-bond donors (Lipinski definition) is 2. The smallest absolute Gasteiger partial charge is 0.275 e. The van der Waals surface area contributed by atoms with E-state index in [1.807, 2.05) is 6.07 Å². The molecule has 1 heterocycles. The zero-order chi connectivity index (χ0) is 16.5. The van der Waals surface area contributed by atoms with Gasteiger partial charge in [0.1, 0.15) is 11.5 Å². The fourth-order valence-corrected chi connectivity index (χ4v) is 1.95. The first kappa shape index (κ1) is 16.4. The van der Waals surface area contributed by atoms with Crippen LogP contribution in [0.3, 0.4) is 0 Å². The standard InChI is InChI=1S/C17H19N5O/c1-2-3-4-9-19-16-12-20-15(11-21-16)17(23)22-14-7-5-13(10-18)6-8-14/h5-8,11-12H,2-4,9H2,1H3,(H,19,21)(H,22,23). The Morgan fingerprint density at radius 1 is 1.17 bits per heavy atom. The van der Waals surface area contributed by atoms with E-state index in [0.717, 1.165) is 13.0 Å². The van der Waals surface area contributed by atoms with Gasteiger partial charge in [0.15, 0.2) is 0 Å². The Balaban J connectivity index is 1.90. The maximum absolute atomic E-state index is 12.1. The predicted molar refractivity (Wildman–Crippen MR) is 89.2 cm³/mol. The molecule has 118 valence electrons. The van der Waals surface area contributed by atoms with Gasteiger partial charge in [0.25, 0.3) is 5.91 Å². The summed E-state index contributed by atoms with van der Waals surface area (Å²) < 4.78 is 0. The van der Waals surface area contributed by atoms with Gasteiger partial charge >= 0.3 is 0 Å². The Kier molecular flexibility index (Phi) is 6.07. The molecule has 0 radical (unpaired) electrons. The zero-order valence-corrected chi connectivity index (χ0v) is 13.0. The quantitative estimate of drug-likeness (QED) is 0.766. The summed E-state index contributed by atoms with van der Waals surface area (Å²) in [7, 11) is 0. The van der Waals surface area contributed by atoms with E-state index in [0.29, 0.717) is 17.1 Å². The molecular weight excluding hydrogens is 290 g/mol. The van der Waals surface area contributed by atoms with Crippen LogP contribution in [0.15, 0.2) is 36.7 Å². The van der Waals surface area contributed by atoms with Crippen molar-refractivity contribution < 1.29 is 4.79 Å². The molecule has 0 atom stereocenters. The van der Waals surface area contributed by atoms with Gasteiger partial charge in [-0.1, -0.05) is 19.8 Å². The minimum atomic E-state index is -0.334. The van der Waals surface area contributed by atoms with Crippen LogP contribution >= 0.6 is 0 Å². The molecule has 1 aromatic carbocycles. The highest BCUT2D eigenvalue weighted by Crippen LogP contribution is 2.10. The molecule has 2 aromatic rings. The number of carbonyl (C=O) groups is 1. The Labute approximate surface area is 135 Å². The van der Waals surface area contributed by atoms with Crippen molar-refractivity contribution in [3.63, 3.8) is 0 Å². The zero-order valence-electron chi connectivity index (χ0n) is 13.0. The lowest BCUT2D eigenvalue weighted by Crippen LogP contribution is -2.14. The molecule has 1 aromatic heterocycles. The molecule has 0 fully saturated rings. The van der Waals surface area contributed by atoms with Crippen molar-refractivity contribution in [3.8, 4) is 6.07 Å². The van der Waals surface area contributed by atoms with Crippen LogP contribution in [-0.4, -0.2) is 22.4 Å². The minimum Gasteiger partial charge on any atom is -0.369 e. The highest BCUT2D eigenvalue weighted by Gasteiger charge is 2.08. The number of rotatable bonds is 7. The number of hydrogen-bond acceptors (Lipinski definition) is 5. The first-order valence-electron chi connectivity index (χ1n) is 7.60. The summed E-state index contributed by atoms with van der Waals surface area (Å²) >= 11 is 0. The number of anilines is 2. The number of nitrogens with one attached hydrogen (secondary N) is 2. The molecule has 2 rings (SSSR count). The fraction of sp³-hybridized carbons (Fsp3) is 0.294. The van der Waals surface area contributed by atoms with Crippen molar-refractivity contribution in [1.29, 1.82) is 5.26 Å². The van der Waals surface area contributed by atoms with Crippen molar-refractivity contribution in [3.05, 3.63) is 47.9 Å². The molecular formula is C17H19N5O. The predicted octanol–water partition coefficient (Wildman–Crippen LogP) is 3.20. The largest absolute Gasteiger partial charge is 0.369 e. The van der Waals surface area contributed by atoms with Gasteiger partial charge in [-0.25, -0.2) is 9.97 Å². The number of amides is 1. The lowest BCUT2D eigenvalue weighted by molar-refractivity contribution is 0.102. The third-order valence-electron chi connectivity index (χ3n) is 3.24. The highest BCUT2D eigenvalue weighted by atomic mass is 16.1. The number of unbranched alkanes of at least 4 members (excludes halogenated alkanes) is 2. The van der Waals surface area contributed by atoms with Crippen LogP contribution in [0.1, 0.15) is 42.2 Å². The third-order valence-corrected chi connectivity index (χ3v) is 3.24. The fourth-order valence-electron chi connectivity index (χ4n) is 1.95. The third kappa shape index (κ3) is 5.08. The molecule has 0 aliphatic rings. The van der Waals surface area contributed by atoms with E-state index in [-0.39, 0.29) is 11.6 Å². The molecule has 6 nitrogen and oxygen atoms in total. The molecule has 0 spiro atoms. The van der Waals surface area contributed by atoms with Gasteiger partial charge in [0.05, 0.1) is 24.0 Å². The van der Waals surface area contributed by atoms with Crippen LogP contribution in [0.4, 0.5) is 11.5 Å². The Hall–Kier alpha value is -2.94. The molecule has 0 saturated carbocycles. The maximum Gasteiger partial charge on any atom is 0.275 e. The highest BCUT2D eigenvalue weighted by molar-refractivity contribution is 6.02.